The van der Waals surface area contributed by atoms with Gasteiger partial charge in [-0.25, -0.2) is 4.79 Å². The first kappa shape index (κ1) is 12.2. The molecule has 2 N–H and O–H groups in total. The van der Waals surface area contributed by atoms with Gasteiger partial charge in [-0.15, -0.1) is 0 Å². The van der Waals surface area contributed by atoms with Gasteiger partial charge in [0.2, 0.25) is 0 Å². The number of carboxylic acid groups (broad SMARTS) is 1. The Kier molecular flexibility index (Phi) is 3.34. The van der Waals surface area contributed by atoms with Gasteiger partial charge in [0.05, 0.1) is 28.1 Å². The highest BCUT2D eigenvalue weighted by molar-refractivity contribution is 6.34. The van der Waals surface area contributed by atoms with E-state index in [0.29, 0.717) is 0 Å². The fourth-order valence-electron chi connectivity index (χ4n) is 1.41. The first-order valence-corrected chi connectivity index (χ1v) is 5.32. The van der Waals surface area contributed by atoms with E-state index in [4.69, 9.17) is 21.1 Å². The second kappa shape index (κ2) is 4.93. The van der Waals surface area contributed by atoms with Crippen LogP contribution in [0.15, 0.2) is 41.2 Å². The Morgan fingerprint density at radius 2 is 2.06 bits per heavy atom. The molecular formula is C12H8ClNO4. The Morgan fingerprint density at radius 3 is 2.67 bits per heavy atom. The Morgan fingerprint density at radius 1 is 1.28 bits per heavy atom. The number of halogens is 1. The number of rotatable bonds is 3. The Bertz CT molecular complexity index is 592. The molecule has 2 rings (SSSR count). The lowest BCUT2D eigenvalue weighted by Crippen LogP contribution is -2.14. The molecule has 18 heavy (non-hydrogen) atoms. The Balaban J connectivity index is 2.34. The molecule has 0 saturated heterocycles. The highest BCUT2D eigenvalue weighted by Gasteiger charge is 2.16. The van der Waals surface area contributed by atoms with E-state index in [2.05, 4.69) is 5.32 Å². The van der Waals surface area contributed by atoms with Crippen molar-refractivity contribution in [1.82, 2.24) is 0 Å². The minimum Gasteiger partial charge on any atom is -0.478 e. The zero-order valence-electron chi connectivity index (χ0n) is 9.01. The number of carbonyl (C=O) groups excluding carboxylic acids is 1. The molecule has 1 aromatic heterocycles. The summed E-state index contributed by atoms with van der Waals surface area (Å²) >= 11 is 5.88. The van der Waals surface area contributed by atoms with E-state index in [1.54, 1.807) is 0 Å². The lowest BCUT2D eigenvalue weighted by molar-refractivity contribution is 0.0698. The molecule has 0 atom stereocenters. The SMILES string of the molecule is O=C(Nc1c(Cl)cccc1C(=O)O)c1ccoc1. The van der Waals surface area contributed by atoms with Crippen molar-refractivity contribution in [3.05, 3.63) is 52.9 Å². The van der Waals surface area contributed by atoms with E-state index >= 15 is 0 Å². The van der Waals surface area contributed by atoms with Gasteiger partial charge in [0.1, 0.15) is 6.26 Å². The molecule has 1 heterocycles. The molecule has 6 heteroatoms. The number of carboxylic acids is 1. The number of hydrogen-bond acceptors (Lipinski definition) is 3. The van der Waals surface area contributed by atoms with Crippen molar-refractivity contribution < 1.29 is 19.1 Å². The molecule has 0 bridgehead atoms. The van der Waals surface area contributed by atoms with Crippen molar-refractivity contribution in [2.45, 2.75) is 0 Å². The van der Waals surface area contributed by atoms with Gasteiger partial charge in [0.25, 0.3) is 5.91 Å². The van der Waals surface area contributed by atoms with Crippen LogP contribution in [0.3, 0.4) is 0 Å². The molecule has 0 fully saturated rings. The fourth-order valence-corrected chi connectivity index (χ4v) is 1.63. The summed E-state index contributed by atoms with van der Waals surface area (Å²) in [6, 6.07) is 5.82. The molecule has 2 aromatic rings. The van der Waals surface area contributed by atoms with Crippen molar-refractivity contribution >= 4 is 29.2 Å². The van der Waals surface area contributed by atoms with E-state index in [-0.39, 0.29) is 21.8 Å². The van der Waals surface area contributed by atoms with Gasteiger partial charge in [-0.2, -0.15) is 0 Å². The van der Waals surface area contributed by atoms with Crippen molar-refractivity contribution in [1.29, 1.82) is 0 Å². The Hall–Kier alpha value is -2.27. The molecule has 1 aromatic carbocycles. The number of anilines is 1. The van der Waals surface area contributed by atoms with Crippen LogP contribution in [0.1, 0.15) is 20.7 Å². The van der Waals surface area contributed by atoms with E-state index in [9.17, 15) is 9.59 Å². The summed E-state index contributed by atoms with van der Waals surface area (Å²) in [5, 5.41) is 11.6. The van der Waals surface area contributed by atoms with Crippen LogP contribution < -0.4 is 5.32 Å². The molecule has 1 amide bonds. The van der Waals surface area contributed by atoms with Crippen LogP contribution in [0.25, 0.3) is 0 Å². The lowest BCUT2D eigenvalue weighted by atomic mass is 10.1. The third-order valence-electron chi connectivity index (χ3n) is 2.27. The second-order valence-electron chi connectivity index (χ2n) is 3.43. The maximum Gasteiger partial charge on any atom is 0.337 e. The van der Waals surface area contributed by atoms with E-state index in [1.165, 1.54) is 36.8 Å². The average molecular weight is 266 g/mol. The average Bonchev–Trinajstić information content (AvgIpc) is 2.85. The summed E-state index contributed by atoms with van der Waals surface area (Å²) in [5.74, 6) is -1.65. The molecule has 0 saturated carbocycles. The van der Waals surface area contributed by atoms with Gasteiger partial charge < -0.3 is 14.8 Å². The highest BCUT2D eigenvalue weighted by atomic mass is 35.5. The predicted octanol–water partition coefficient (Wildman–Crippen LogP) is 2.88. The maximum atomic E-state index is 11.8. The first-order chi connectivity index (χ1) is 8.59. The van der Waals surface area contributed by atoms with Crippen LogP contribution in [-0.4, -0.2) is 17.0 Å². The summed E-state index contributed by atoms with van der Waals surface area (Å²) in [5.41, 5.74) is 0.281. The van der Waals surface area contributed by atoms with Gasteiger partial charge in [-0.05, 0) is 18.2 Å². The second-order valence-corrected chi connectivity index (χ2v) is 3.84. The first-order valence-electron chi connectivity index (χ1n) is 4.95. The summed E-state index contributed by atoms with van der Waals surface area (Å²) in [4.78, 5) is 22.8. The number of benzene rings is 1. The molecule has 0 aliphatic carbocycles. The highest BCUT2D eigenvalue weighted by Crippen LogP contribution is 2.26. The van der Waals surface area contributed by atoms with Crippen molar-refractivity contribution in [2.24, 2.45) is 0 Å². The molecular weight excluding hydrogens is 258 g/mol. The molecule has 0 aliphatic rings. The fraction of sp³-hybridized carbons (Fsp3) is 0. The summed E-state index contributed by atoms with van der Waals surface area (Å²) < 4.78 is 4.77. The lowest BCUT2D eigenvalue weighted by Gasteiger charge is -2.09. The van der Waals surface area contributed by atoms with Crippen molar-refractivity contribution in [3.63, 3.8) is 0 Å². The normalized spacial score (nSPS) is 10.1. The topological polar surface area (TPSA) is 79.5 Å². The van der Waals surface area contributed by atoms with Gasteiger partial charge in [0.15, 0.2) is 0 Å². The van der Waals surface area contributed by atoms with E-state index in [0.717, 1.165) is 0 Å². The number of para-hydroxylation sites is 1. The Labute approximate surface area is 107 Å². The van der Waals surface area contributed by atoms with Gasteiger partial charge in [0, 0.05) is 0 Å². The quantitative estimate of drug-likeness (QED) is 0.894. The van der Waals surface area contributed by atoms with Crippen LogP contribution in [-0.2, 0) is 0 Å². The van der Waals surface area contributed by atoms with Crippen LogP contribution >= 0.6 is 11.6 Å². The number of nitrogens with one attached hydrogen (secondary N) is 1. The van der Waals surface area contributed by atoms with Crippen LogP contribution in [0, 0.1) is 0 Å². The molecule has 0 aliphatic heterocycles. The van der Waals surface area contributed by atoms with Crippen molar-refractivity contribution in [3.8, 4) is 0 Å². The van der Waals surface area contributed by atoms with Crippen molar-refractivity contribution in [2.75, 3.05) is 5.32 Å². The molecule has 0 radical (unpaired) electrons. The predicted molar refractivity (Wildman–Crippen MR) is 65.1 cm³/mol. The number of amides is 1. The van der Waals surface area contributed by atoms with E-state index < -0.39 is 11.9 Å². The summed E-state index contributed by atoms with van der Waals surface area (Å²) in [7, 11) is 0. The number of aromatic carboxylic acids is 1. The third kappa shape index (κ3) is 2.36. The smallest absolute Gasteiger partial charge is 0.337 e. The third-order valence-corrected chi connectivity index (χ3v) is 2.58. The monoisotopic (exact) mass is 265 g/mol. The number of hydrogen-bond donors (Lipinski definition) is 2. The molecule has 0 spiro atoms. The summed E-state index contributed by atoms with van der Waals surface area (Å²) in [6.45, 7) is 0. The zero-order chi connectivity index (χ0) is 13.1. The molecule has 92 valence electrons. The van der Waals surface area contributed by atoms with Gasteiger partial charge in [-0.1, -0.05) is 17.7 Å². The number of furan rings is 1. The molecule has 0 unspecified atom stereocenters. The van der Waals surface area contributed by atoms with Crippen LogP contribution in [0.2, 0.25) is 5.02 Å². The minimum atomic E-state index is -1.17. The van der Waals surface area contributed by atoms with Crippen LogP contribution in [0.4, 0.5) is 5.69 Å². The molecule has 5 nitrogen and oxygen atoms in total. The van der Waals surface area contributed by atoms with Gasteiger partial charge in [-0.3, -0.25) is 4.79 Å². The number of carbonyl (C=O) groups is 2. The largest absolute Gasteiger partial charge is 0.478 e. The zero-order valence-corrected chi connectivity index (χ0v) is 9.77. The summed E-state index contributed by atoms with van der Waals surface area (Å²) in [6.07, 6.45) is 2.60. The van der Waals surface area contributed by atoms with Gasteiger partial charge >= 0.3 is 5.97 Å². The van der Waals surface area contributed by atoms with Crippen LogP contribution in [0.5, 0.6) is 0 Å². The maximum absolute atomic E-state index is 11.8. The standard InChI is InChI=1S/C12H8ClNO4/c13-9-3-1-2-8(12(16)17)10(9)14-11(15)7-4-5-18-6-7/h1-6H,(H,14,15)(H,16,17). The van der Waals surface area contributed by atoms with E-state index in [1.807, 2.05) is 0 Å². The minimum absolute atomic E-state index is 0.0675.